The first-order valence-corrected chi connectivity index (χ1v) is 10.8. The lowest BCUT2D eigenvalue weighted by Gasteiger charge is -2.13. The third-order valence-corrected chi connectivity index (χ3v) is 6.16. The lowest BCUT2D eigenvalue weighted by molar-refractivity contribution is -0.384. The summed E-state index contributed by atoms with van der Waals surface area (Å²) in [5, 5.41) is 10.9. The normalized spacial score (nSPS) is 11.8. The number of thiazole rings is 1. The molecule has 0 aliphatic carbocycles. The molecule has 164 valence electrons. The topological polar surface area (TPSA) is 96.0 Å². The first-order valence-electron chi connectivity index (χ1n) is 10.00. The summed E-state index contributed by atoms with van der Waals surface area (Å²) in [6.07, 6.45) is 1.77. The van der Waals surface area contributed by atoms with Crippen molar-refractivity contribution in [1.29, 1.82) is 0 Å². The number of para-hydroxylation sites is 3. The van der Waals surface area contributed by atoms with Crippen molar-refractivity contribution in [2.75, 3.05) is 7.11 Å². The number of hydrogen-bond acceptors (Lipinski definition) is 7. The Balaban J connectivity index is 1.54. The van der Waals surface area contributed by atoms with Crippen LogP contribution in [0.5, 0.6) is 11.5 Å². The van der Waals surface area contributed by atoms with E-state index in [2.05, 4.69) is 4.98 Å². The number of methoxy groups -OCH3 is 1. The van der Waals surface area contributed by atoms with E-state index >= 15 is 0 Å². The lowest BCUT2D eigenvalue weighted by atomic mass is 10.1. The Labute approximate surface area is 191 Å². The highest BCUT2D eigenvalue weighted by molar-refractivity contribution is 7.15. The van der Waals surface area contributed by atoms with E-state index in [1.807, 2.05) is 36.4 Å². The summed E-state index contributed by atoms with van der Waals surface area (Å²) in [7, 11) is 1.54. The van der Waals surface area contributed by atoms with Crippen LogP contribution < -0.4 is 19.6 Å². The number of hydrogen-bond donors (Lipinski definition) is 0. The zero-order valence-electron chi connectivity index (χ0n) is 17.4. The second kappa shape index (κ2) is 8.36. The molecule has 0 unspecified atom stereocenters. The smallest absolute Gasteiger partial charge is 0.274 e. The van der Waals surface area contributed by atoms with Crippen LogP contribution in [0, 0.1) is 10.1 Å². The average molecular weight is 459 g/mol. The van der Waals surface area contributed by atoms with Crippen molar-refractivity contribution in [2.24, 2.45) is 0 Å². The zero-order valence-corrected chi connectivity index (χ0v) is 18.2. The van der Waals surface area contributed by atoms with Gasteiger partial charge in [-0.3, -0.25) is 14.9 Å². The van der Waals surface area contributed by atoms with Gasteiger partial charge in [0.25, 0.3) is 11.2 Å². The van der Waals surface area contributed by atoms with Crippen molar-refractivity contribution in [2.45, 2.75) is 6.61 Å². The summed E-state index contributed by atoms with van der Waals surface area (Å²) in [6.45, 7) is 0.182. The molecule has 0 atom stereocenters. The number of imidazole rings is 1. The third-order valence-electron chi connectivity index (χ3n) is 5.19. The highest BCUT2D eigenvalue weighted by Crippen LogP contribution is 2.32. The van der Waals surface area contributed by atoms with Crippen LogP contribution in [0.3, 0.4) is 0 Å². The fourth-order valence-electron chi connectivity index (χ4n) is 3.58. The van der Waals surface area contributed by atoms with Crippen LogP contribution in [0.1, 0.15) is 11.1 Å². The first-order chi connectivity index (χ1) is 16.0. The molecule has 0 amide bonds. The molecule has 33 heavy (non-hydrogen) atoms. The Morgan fingerprint density at radius 1 is 1.09 bits per heavy atom. The SMILES string of the molecule is COc1cccc(/C=c2\sc3nc4ccccc4n3c2=O)c1OCc1ccc([N+](=O)[O-])cc1. The summed E-state index contributed by atoms with van der Waals surface area (Å²) >= 11 is 1.31. The van der Waals surface area contributed by atoms with Crippen LogP contribution in [0.2, 0.25) is 0 Å². The Morgan fingerprint density at radius 2 is 1.88 bits per heavy atom. The lowest BCUT2D eigenvalue weighted by Crippen LogP contribution is -2.22. The van der Waals surface area contributed by atoms with Gasteiger partial charge in [-0.2, -0.15) is 0 Å². The van der Waals surface area contributed by atoms with Crippen molar-refractivity contribution in [3.63, 3.8) is 0 Å². The number of benzene rings is 3. The van der Waals surface area contributed by atoms with Crippen molar-refractivity contribution in [3.8, 4) is 11.5 Å². The van der Waals surface area contributed by atoms with Gasteiger partial charge in [-0.1, -0.05) is 35.6 Å². The fourth-order valence-corrected chi connectivity index (χ4v) is 4.56. The Morgan fingerprint density at radius 3 is 2.64 bits per heavy atom. The van der Waals surface area contributed by atoms with Crippen LogP contribution in [0.25, 0.3) is 22.1 Å². The highest BCUT2D eigenvalue weighted by atomic mass is 32.1. The van der Waals surface area contributed by atoms with E-state index in [-0.39, 0.29) is 17.9 Å². The van der Waals surface area contributed by atoms with Gasteiger partial charge in [0, 0.05) is 17.7 Å². The molecule has 0 bridgehead atoms. The molecule has 9 heteroatoms. The second-order valence-corrected chi connectivity index (χ2v) is 8.23. The molecule has 5 aromatic rings. The fraction of sp³-hybridized carbons (Fsp3) is 0.0833. The van der Waals surface area contributed by atoms with Gasteiger partial charge < -0.3 is 9.47 Å². The van der Waals surface area contributed by atoms with Crippen molar-refractivity contribution >= 4 is 39.1 Å². The summed E-state index contributed by atoms with van der Waals surface area (Å²) in [6, 6.07) is 19.1. The zero-order chi connectivity index (χ0) is 22.9. The van der Waals surface area contributed by atoms with E-state index in [9.17, 15) is 14.9 Å². The molecule has 0 spiro atoms. The van der Waals surface area contributed by atoms with Gasteiger partial charge in [-0.25, -0.2) is 9.38 Å². The molecular formula is C24H17N3O5S. The minimum atomic E-state index is -0.445. The Bertz CT molecular complexity index is 1610. The summed E-state index contributed by atoms with van der Waals surface area (Å²) in [4.78, 5) is 28.7. The number of aromatic nitrogens is 2. The van der Waals surface area contributed by atoms with Gasteiger partial charge in [0.1, 0.15) is 6.61 Å². The van der Waals surface area contributed by atoms with Gasteiger partial charge in [0.2, 0.25) is 0 Å². The van der Waals surface area contributed by atoms with Crippen molar-refractivity contribution in [3.05, 3.63) is 103 Å². The predicted molar refractivity (Wildman–Crippen MR) is 126 cm³/mol. The van der Waals surface area contributed by atoms with Crippen molar-refractivity contribution in [1.82, 2.24) is 9.38 Å². The maximum absolute atomic E-state index is 13.1. The number of ether oxygens (including phenoxy) is 2. The van der Waals surface area contributed by atoms with E-state index < -0.39 is 4.92 Å². The predicted octanol–water partition coefficient (Wildman–Crippen LogP) is 3.95. The minimum Gasteiger partial charge on any atom is -0.493 e. The molecule has 0 saturated carbocycles. The minimum absolute atomic E-state index is 0.0169. The number of nitrogens with zero attached hydrogens (tertiary/aromatic N) is 3. The Kier molecular flexibility index (Phi) is 5.23. The standard InChI is InChI=1S/C24H17N3O5S/c1-31-20-8-4-5-16(22(20)32-14-15-9-11-17(12-10-15)27(29)30)13-21-23(28)26-19-7-3-2-6-18(19)25-24(26)33-21/h2-13H,14H2,1H3/b21-13-. The largest absolute Gasteiger partial charge is 0.493 e. The monoisotopic (exact) mass is 459 g/mol. The van der Waals surface area contributed by atoms with E-state index in [4.69, 9.17) is 9.47 Å². The third kappa shape index (κ3) is 3.79. The van der Waals surface area contributed by atoms with E-state index in [0.717, 1.165) is 16.6 Å². The molecule has 2 heterocycles. The number of non-ortho nitro benzene ring substituents is 1. The van der Waals surface area contributed by atoms with Crippen LogP contribution in [-0.2, 0) is 6.61 Å². The second-order valence-electron chi connectivity index (χ2n) is 7.23. The summed E-state index contributed by atoms with van der Waals surface area (Å²) < 4.78 is 13.6. The number of rotatable bonds is 6. The quantitative estimate of drug-likeness (QED) is 0.282. The average Bonchev–Trinajstić information content (AvgIpc) is 3.34. The molecule has 0 aliphatic rings. The van der Waals surface area contributed by atoms with E-state index in [1.54, 1.807) is 35.8 Å². The molecule has 8 nitrogen and oxygen atoms in total. The molecule has 0 fully saturated rings. The van der Waals surface area contributed by atoms with Gasteiger partial charge >= 0.3 is 0 Å². The molecule has 0 saturated heterocycles. The van der Waals surface area contributed by atoms with Gasteiger partial charge in [0.15, 0.2) is 16.5 Å². The number of nitro groups is 1. The van der Waals surface area contributed by atoms with E-state index in [1.165, 1.54) is 23.5 Å². The van der Waals surface area contributed by atoms with Gasteiger partial charge in [-0.15, -0.1) is 0 Å². The molecule has 3 aromatic carbocycles. The van der Waals surface area contributed by atoms with Crippen molar-refractivity contribution < 1.29 is 14.4 Å². The van der Waals surface area contributed by atoms with Gasteiger partial charge in [0.05, 0.1) is 27.6 Å². The molecule has 0 radical (unpaired) electrons. The van der Waals surface area contributed by atoms with Crippen LogP contribution >= 0.6 is 11.3 Å². The Hall–Kier alpha value is -4.24. The summed E-state index contributed by atoms with van der Waals surface area (Å²) in [5.74, 6) is 0.999. The van der Waals surface area contributed by atoms with Crippen LogP contribution in [-0.4, -0.2) is 21.4 Å². The number of fused-ring (bicyclic) bond motifs is 3. The van der Waals surface area contributed by atoms with Gasteiger partial charge in [-0.05, 0) is 42.0 Å². The van der Waals surface area contributed by atoms with E-state index in [0.29, 0.717) is 26.6 Å². The first kappa shape index (κ1) is 20.7. The molecule has 0 aliphatic heterocycles. The molecular weight excluding hydrogens is 442 g/mol. The molecule has 2 aromatic heterocycles. The molecule has 5 rings (SSSR count). The highest BCUT2D eigenvalue weighted by Gasteiger charge is 2.14. The van der Waals surface area contributed by atoms with Crippen LogP contribution in [0.15, 0.2) is 71.5 Å². The summed E-state index contributed by atoms with van der Waals surface area (Å²) in [5.41, 5.74) is 2.87. The number of nitro benzene ring substituents is 1. The molecule has 0 N–H and O–H groups in total. The van der Waals surface area contributed by atoms with Crippen LogP contribution in [0.4, 0.5) is 5.69 Å². The maximum atomic E-state index is 13.1. The maximum Gasteiger partial charge on any atom is 0.274 e.